The Morgan fingerprint density at radius 2 is 1.94 bits per heavy atom. The molecule has 0 saturated heterocycles. The molecule has 0 aromatic carbocycles. The summed E-state index contributed by atoms with van der Waals surface area (Å²) >= 11 is 3.40. The van der Waals surface area contributed by atoms with Crippen molar-refractivity contribution in [3.8, 4) is 0 Å². The fraction of sp³-hybridized carbons (Fsp3) is 0.786. The molecule has 0 atom stereocenters. The van der Waals surface area contributed by atoms with Gasteiger partial charge in [0.15, 0.2) is 0 Å². The lowest BCUT2D eigenvalue weighted by molar-refractivity contribution is 0.167. The number of aromatic nitrogens is 1. The maximum Gasteiger partial charge on any atom is 0.147 e. The lowest BCUT2D eigenvalue weighted by Crippen LogP contribution is -2.25. The van der Waals surface area contributed by atoms with Crippen LogP contribution in [-0.2, 0) is 5.33 Å². The van der Waals surface area contributed by atoms with Gasteiger partial charge in [-0.1, -0.05) is 41.9 Å². The van der Waals surface area contributed by atoms with Gasteiger partial charge in [-0.05, 0) is 37.0 Å². The Morgan fingerprint density at radius 3 is 2.41 bits per heavy atom. The SMILES string of the molecule is CC(C)(C)C1CCC(c2cc(CBr)on2)CC1. The predicted octanol–water partition coefficient (Wildman–Crippen LogP) is 4.89. The Hall–Kier alpha value is -0.310. The number of hydrogen-bond donors (Lipinski definition) is 0. The first kappa shape index (κ1) is 13.1. The molecule has 0 amide bonds. The summed E-state index contributed by atoms with van der Waals surface area (Å²) in [6.07, 6.45) is 5.17. The Morgan fingerprint density at radius 1 is 1.29 bits per heavy atom. The number of nitrogens with zero attached hydrogens (tertiary/aromatic N) is 1. The molecular formula is C14H22BrNO. The number of halogens is 1. The topological polar surface area (TPSA) is 26.0 Å². The van der Waals surface area contributed by atoms with E-state index < -0.39 is 0 Å². The molecule has 0 bridgehead atoms. The first-order chi connectivity index (χ1) is 8.00. The Balaban J connectivity index is 1.95. The fourth-order valence-corrected chi connectivity index (χ4v) is 3.10. The molecule has 17 heavy (non-hydrogen) atoms. The Bertz CT molecular complexity index is 359. The van der Waals surface area contributed by atoms with E-state index in [1.165, 1.54) is 25.7 Å². The van der Waals surface area contributed by atoms with Crippen molar-refractivity contribution < 1.29 is 4.52 Å². The summed E-state index contributed by atoms with van der Waals surface area (Å²) in [7, 11) is 0. The van der Waals surface area contributed by atoms with Crippen LogP contribution in [0.3, 0.4) is 0 Å². The summed E-state index contributed by atoms with van der Waals surface area (Å²) in [4.78, 5) is 0. The standard InChI is InChI=1S/C14H22BrNO/c1-14(2,3)11-6-4-10(5-7-11)13-8-12(9-15)17-16-13/h8,10-11H,4-7,9H2,1-3H3. The van der Waals surface area contributed by atoms with E-state index in [9.17, 15) is 0 Å². The quantitative estimate of drug-likeness (QED) is 0.727. The smallest absolute Gasteiger partial charge is 0.147 e. The molecule has 2 nitrogen and oxygen atoms in total. The van der Waals surface area contributed by atoms with Crippen molar-refractivity contribution in [1.29, 1.82) is 0 Å². The molecule has 1 saturated carbocycles. The van der Waals surface area contributed by atoms with Gasteiger partial charge < -0.3 is 4.52 Å². The third kappa shape index (κ3) is 3.12. The highest BCUT2D eigenvalue weighted by Crippen LogP contribution is 2.42. The zero-order chi connectivity index (χ0) is 12.5. The van der Waals surface area contributed by atoms with Gasteiger partial charge in [0, 0.05) is 12.0 Å². The largest absolute Gasteiger partial charge is 0.360 e. The van der Waals surface area contributed by atoms with E-state index >= 15 is 0 Å². The van der Waals surface area contributed by atoms with Crippen molar-refractivity contribution in [1.82, 2.24) is 5.16 Å². The normalized spacial score (nSPS) is 26.1. The molecule has 0 unspecified atom stereocenters. The summed E-state index contributed by atoms with van der Waals surface area (Å²) < 4.78 is 5.26. The molecule has 2 rings (SSSR count). The van der Waals surface area contributed by atoms with Crippen LogP contribution in [0.25, 0.3) is 0 Å². The summed E-state index contributed by atoms with van der Waals surface area (Å²) in [5.74, 6) is 2.42. The minimum absolute atomic E-state index is 0.454. The van der Waals surface area contributed by atoms with E-state index in [1.807, 2.05) is 0 Å². The fourth-order valence-electron chi connectivity index (χ4n) is 2.84. The van der Waals surface area contributed by atoms with Gasteiger partial charge in [-0.25, -0.2) is 0 Å². The summed E-state index contributed by atoms with van der Waals surface area (Å²) in [6, 6.07) is 2.11. The second-order valence-electron chi connectivity index (χ2n) is 6.27. The second kappa shape index (κ2) is 5.13. The van der Waals surface area contributed by atoms with E-state index in [1.54, 1.807) is 0 Å². The van der Waals surface area contributed by atoms with Crippen LogP contribution in [0.4, 0.5) is 0 Å². The third-order valence-corrected chi connectivity index (χ3v) is 4.63. The zero-order valence-electron chi connectivity index (χ0n) is 11.0. The van der Waals surface area contributed by atoms with Crippen LogP contribution in [0, 0.1) is 11.3 Å². The highest BCUT2D eigenvalue weighted by molar-refractivity contribution is 9.08. The van der Waals surface area contributed by atoms with Gasteiger partial charge in [0.1, 0.15) is 5.76 Å². The van der Waals surface area contributed by atoms with Crippen LogP contribution in [0.15, 0.2) is 10.6 Å². The second-order valence-corrected chi connectivity index (χ2v) is 6.83. The summed E-state index contributed by atoms with van der Waals surface area (Å²) in [5.41, 5.74) is 1.61. The first-order valence-electron chi connectivity index (χ1n) is 6.52. The molecule has 3 heteroatoms. The summed E-state index contributed by atoms with van der Waals surface area (Å²) in [5, 5.41) is 4.95. The van der Waals surface area contributed by atoms with Crippen LogP contribution < -0.4 is 0 Å². The van der Waals surface area contributed by atoms with Crippen molar-refractivity contribution in [2.45, 2.75) is 57.7 Å². The maximum absolute atomic E-state index is 5.26. The monoisotopic (exact) mass is 299 g/mol. The molecule has 0 radical (unpaired) electrons. The van der Waals surface area contributed by atoms with Gasteiger partial charge in [0.25, 0.3) is 0 Å². The highest BCUT2D eigenvalue weighted by Gasteiger charge is 2.31. The molecule has 1 aromatic heterocycles. The van der Waals surface area contributed by atoms with Crippen molar-refractivity contribution >= 4 is 15.9 Å². The van der Waals surface area contributed by atoms with E-state index in [0.717, 1.165) is 22.7 Å². The lowest BCUT2D eigenvalue weighted by atomic mass is 9.69. The average Bonchev–Trinajstić information content (AvgIpc) is 2.76. The van der Waals surface area contributed by atoms with Gasteiger partial charge >= 0.3 is 0 Å². The van der Waals surface area contributed by atoms with Crippen molar-refractivity contribution in [2.24, 2.45) is 11.3 Å². The summed E-state index contributed by atoms with van der Waals surface area (Å²) in [6.45, 7) is 7.07. The van der Waals surface area contributed by atoms with E-state index in [0.29, 0.717) is 11.3 Å². The van der Waals surface area contributed by atoms with E-state index in [-0.39, 0.29) is 0 Å². The Labute approximate surface area is 112 Å². The van der Waals surface area contributed by atoms with Gasteiger partial charge in [-0.2, -0.15) is 0 Å². The van der Waals surface area contributed by atoms with Crippen molar-refractivity contribution in [3.63, 3.8) is 0 Å². The molecule has 96 valence electrons. The van der Waals surface area contributed by atoms with Crippen LogP contribution in [0.2, 0.25) is 0 Å². The highest BCUT2D eigenvalue weighted by atomic mass is 79.9. The minimum Gasteiger partial charge on any atom is -0.360 e. The first-order valence-corrected chi connectivity index (χ1v) is 7.64. The van der Waals surface area contributed by atoms with E-state index in [2.05, 4.69) is 47.9 Å². The Kier molecular flexibility index (Phi) is 3.96. The van der Waals surface area contributed by atoms with Crippen LogP contribution in [0.5, 0.6) is 0 Å². The third-order valence-electron chi connectivity index (χ3n) is 4.08. The molecule has 1 fully saturated rings. The van der Waals surface area contributed by atoms with Crippen LogP contribution >= 0.6 is 15.9 Å². The predicted molar refractivity (Wildman–Crippen MR) is 73.3 cm³/mol. The molecule has 0 aliphatic heterocycles. The van der Waals surface area contributed by atoms with Crippen LogP contribution in [0.1, 0.15) is 63.8 Å². The van der Waals surface area contributed by atoms with Crippen molar-refractivity contribution in [3.05, 3.63) is 17.5 Å². The maximum atomic E-state index is 5.26. The number of hydrogen-bond acceptors (Lipinski definition) is 2. The molecule has 0 spiro atoms. The van der Waals surface area contributed by atoms with Gasteiger partial charge in [-0.15, -0.1) is 0 Å². The van der Waals surface area contributed by atoms with Crippen molar-refractivity contribution in [2.75, 3.05) is 0 Å². The molecule has 1 heterocycles. The zero-order valence-corrected chi connectivity index (χ0v) is 12.6. The number of alkyl halides is 1. The minimum atomic E-state index is 0.454. The molecular weight excluding hydrogens is 278 g/mol. The van der Waals surface area contributed by atoms with Gasteiger partial charge in [0.2, 0.25) is 0 Å². The molecule has 1 aromatic rings. The molecule has 0 N–H and O–H groups in total. The lowest BCUT2D eigenvalue weighted by Gasteiger charge is -2.36. The molecule has 1 aliphatic rings. The average molecular weight is 300 g/mol. The number of rotatable bonds is 2. The van der Waals surface area contributed by atoms with E-state index in [4.69, 9.17) is 4.52 Å². The molecule has 1 aliphatic carbocycles. The van der Waals surface area contributed by atoms with Gasteiger partial charge in [-0.3, -0.25) is 0 Å². The van der Waals surface area contributed by atoms with Gasteiger partial charge in [0.05, 0.1) is 11.0 Å². The van der Waals surface area contributed by atoms with Crippen LogP contribution in [-0.4, -0.2) is 5.16 Å².